The Bertz CT molecular complexity index is 3840. The summed E-state index contributed by atoms with van der Waals surface area (Å²) < 4.78 is 4.92. The molecule has 0 spiro atoms. The average Bonchev–Trinajstić information content (AvgIpc) is 3.90. The van der Waals surface area contributed by atoms with Crippen molar-refractivity contribution in [2.45, 2.75) is 0 Å². The van der Waals surface area contributed by atoms with E-state index >= 15 is 0 Å². The lowest BCUT2D eigenvalue weighted by Gasteiger charge is -2.16. The second-order valence-electron chi connectivity index (χ2n) is 16.1. The number of para-hydroxylation sites is 2. The molecular formula is C58H35N3S. The Morgan fingerprint density at radius 2 is 0.871 bits per heavy atom. The molecule has 0 aliphatic heterocycles. The molecule has 3 heterocycles. The van der Waals surface area contributed by atoms with E-state index in [4.69, 9.17) is 9.97 Å². The quantitative estimate of drug-likeness (QED) is 0.162. The van der Waals surface area contributed by atoms with Crippen molar-refractivity contribution in [2.24, 2.45) is 0 Å². The number of hydrogen-bond acceptors (Lipinski definition) is 3. The first-order chi connectivity index (χ1) is 30.7. The summed E-state index contributed by atoms with van der Waals surface area (Å²) in [5, 5.41) is 12.5. The van der Waals surface area contributed by atoms with Gasteiger partial charge in [0.2, 0.25) is 0 Å². The molecular weight excluding hydrogens is 771 g/mol. The summed E-state index contributed by atoms with van der Waals surface area (Å²) in [4.78, 5) is 10.7. The summed E-state index contributed by atoms with van der Waals surface area (Å²) >= 11 is 1.83. The second-order valence-corrected chi connectivity index (χ2v) is 17.2. The Morgan fingerprint density at radius 3 is 1.58 bits per heavy atom. The van der Waals surface area contributed by atoms with Crippen LogP contribution >= 0.6 is 11.3 Å². The van der Waals surface area contributed by atoms with Gasteiger partial charge in [0.05, 0.1) is 22.4 Å². The van der Waals surface area contributed by atoms with Crippen molar-refractivity contribution < 1.29 is 0 Å². The third-order valence-corrected chi connectivity index (χ3v) is 13.8. The minimum absolute atomic E-state index is 0.698. The summed E-state index contributed by atoms with van der Waals surface area (Å²) in [5.41, 5.74) is 10.5. The molecule has 0 unspecified atom stereocenters. The maximum absolute atomic E-state index is 5.41. The molecule has 0 fully saturated rings. The average molecular weight is 806 g/mol. The van der Waals surface area contributed by atoms with E-state index < -0.39 is 0 Å². The third kappa shape index (κ3) is 5.44. The fourth-order valence-electron chi connectivity index (χ4n) is 9.74. The highest BCUT2D eigenvalue weighted by atomic mass is 32.1. The van der Waals surface area contributed by atoms with Gasteiger partial charge in [-0.25, -0.2) is 9.97 Å². The van der Waals surface area contributed by atoms with Crippen LogP contribution in [0.1, 0.15) is 0 Å². The van der Waals surface area contributed by atoms with Gasteiger partial charge in [0.1, 0.15) is 0 Å². The Kier molecular flexibility index (Phi) is 7.78. The minimum Gasteiger partial charge on any atom is -0.309 e. The molecule has 0 saturated carbocycles. The number of hydrogen-bond donors (Lipinski definition) is 0. The smallest absolute Gasteiger partial charge is 0.160 e. The molecule has 0 radical (unpaired) electrons. The molecule has 10 aromatic carbocycles. The fourth-order valence-corrected chi connectivity index (χ4v) is 11.0. The van der Waals surface area contributed by atoms with Crippen LogP contribution in [0.2, 0.25) is 0 Å². The molecule has 3 aromatic heterocycles. The van der Waals surface area contributed by atoms with Gasteiger partial charge in [-0.05, 0) is 92.0 Å². The molecule has 62 heavy (non-hydrogen) atoms. The summed E-state index contributed by atoms with van der Waals surface area (Å²) in [6.07, 6.45) is 0. The molecule has 0 saturated heterocycles. The summed E-state index contributed by atoms with van der Waals surface area (Å²) in [6.45, 7) is 0. The molecule has 0 amide bonds. The maximum Gasteiger partial charge on any atom is 0.160 e. The number of benzene rings is 10. The Hall–Kier alpha value is -7.92. The number of aromatic nitrogens is 3. The monoisotopic (exact) mass is 805 g/mol. The Labute approximate surface area is 361 Å². The molecule has 288 valence electrons. The van der Waals surface area contributed by atoms with Gasteiger partial charge in [-0.1, -0.05) is 164 Å². The van der Waals surface area contributed by atoms with Crippen molar-refractivity contribution in [2.75, 3.05) is 0 Å². The van der Waals surface area contributed by atoms with Crippen molar-refractivity contribution in [3.8, 4) is 50.7 Å². The highest BCUT2D eigenvalue weighted by molar-refractivity contribution is 7.26. The number of nitrogens with zero attached hydrogens (tertiary/aromatic N) is 3. The summed E-state index contributed by atoms with van der Waals surface area (Å²) in [6, 6.07) is 76.9. The zero-order valence-corrected chi connectivity index (χ0v) is 34.3. The van der Waals surface area contributed by atoms with Crippen LogP contribution < -0.4 is 0 Å². The van der Waals surface area contributed by atoms with Crippen LogP contribution in [-0.4, -0.2) is 14.5 Å². The molecule has 0 atom stereocenters. The van der Waals surface area contributed by atoms with Crippen LogP contribution in [0.25, 0.3) is 125 Å². The fraction of sp³-hybridized carbons (Fsp3) is 0. The predicted molar refractivity (Wildman–Crippen MR) is 264 cm³/mol. The first kappa shape index (κ1) is 34.9. The second kappa shape index (κ2) is 13.8. The van der Waals surface area contributed by atoms with Gasteiger partial charge < -0.3 is 4.57 Å². The Morgan fingerprint density at radius 1 is 0.323 bits per heavy atom. The first-order valence-electron chi connectivity index (χ1n) is 21.1. The van der Waals surface area contributed by atoms with E-state index in [1.807, 2.05) is 17.4 Å². The maximum atomic E-state index is 5.41. The first-order valence-corrected chi connectivity index (χ1v) is 21.9. The van der Waals surface area contributed by atoms with Crippen molar-refractivity contribution in [1.29, 1.82) is 0 Å². The van der Waals surface area contributed by atoms with Crippen LogP contribution in [0.5, 0.6) is 0 Å². The molecule has 0 bridgehead atoms. The van der Waals surface area contributed by atoms with Gasteiger partial charge in [-0.15, -0.1) is 11.3 Å². The van der Waals surface area contributed by atoms with Gasteiger partial charge in [-0.3, -0.25) is 0 Å². The van der Waals surface area contributed by atoms with E-state index in [1.165, 1.54) is 63.3 Å². The molecule has 3 nitrogen and oxygen atoms in total. The predicted octanol–water partition coefficient (Wildman–Crippen LogP) is 16.1. The largest absolute Gasteiger partial charge is 0.309 e. The van der Waals surface area contributed by atoms with Crippen molar-refractivity contribution in [3.05, 3.63) is 212 Å². The van der Waals surface area contributed by atoms with E-state index in [2.05, 4.69) is 211 Å². The van der Waals surface area contributed by atoms with Crippen molar-refractivity contribution in [1.82, 2.24) is 14.5 Å². The Balaban J connectivity index is 1.10. The van der Waals surface area contributed by atoms with Gasteiger partial charge >= 0.3 is 0 Å². The van der Waals surface area contributed by atoms with Gasteiger partial charge in [0.15, 0.2) is 5.82 Å². The number of fused-ring (bicyclic) bond motifs is 12. The van der Waals surface area contributed by atoms with Crippen LogP contribution in [0.15, 0.2) is 212 Å². The van der Waals surface area contributed by atoms with Gasteiger partial charge in [0.25, 0.3) is 0 Å². The van der Waals surface area contributed by atoms with Crippen LogP contribution in [-0.2, 0) is 0 Å². The van der Waals surface area contributed by atoms with E-state index in [-0.39, 0.29) is 0 Å². The standard InChI is InChI=1S/C58H35N3S/c1-2-15-36(16-3-1)58-59-52(35-53(60-58)50-25-14-24-49-48-23-10-13-28-56(48)62-57(49)50)39-31-38(32-40(33-39)61-54-26-11-8-21-46(54)47-22-9-12-27-55(47)61)37-29-30-45-43-19-5-4-17-41(43)42-18-6-7-20-44(42)51(45)34-37/h1-35H. The lowest BCUT2D eigenvalue weighted by Crippen LogP contribution is -1.99. The van der Waals surface area contributed by atoms with Crippen LogP contribution in [0, 0.1) is 0 Å². The summed E-state index contributed by atoms with van der Waals surface area (Å²) in [5.74, 6) is 0.698. The minimum atomic E-state index is 0.698. The molecule has 0 aliphatic rings. The van der Waals surface area contributed by atoms with E-state index in [9.17, 15) is 0 Å². The van der Waals surface area contributed by atoms with Crippen LogP contribution in [0.3, 0.4) is 0 Å². The highest BCUT2D eigenvalue weighted by Crippen LogP contribution is 2.43. The lowest BCUT2D eigenvalue weighted by atomic mass is 9.91. The van der Waals surface area contributed by atoms with Gasteiger partial charge in [0, 0.05) is 53.3 Å². The normalized spacial score (nSPS) is 11.9. The highest BCUT2D eigenvalue weighted by Gasteiger charge is 2.19. The molecule has 4 heteroatoms. The van der Waals surface area contributed by atoms with E-state index in [1.54, 1.807) is 0 Å². The third-order valence-electron chi connectivity index (χ3n) is 12.6. The van der Waals surface area contributed by atoms with E-state index in [0.717, 1.165) is 55.9 Å². The number of rotatable bonds is 5. The van der Waals surface area contributed by atoms with Crippen molar-refractivity contribution >= 4 is 85.6 Å². The van der Waals surface area contributed by atoms with Gasteiger partial charge in [-0.2, -0.15) is 0 Å². The zero-order chi connectivity index (χ0) is 40.7. The van der Waals surface area contributed by atoms with Crippen molar-refractivity contribution in [3.63, 3.8) is 0 Å². The molecule has 13 aromatic rings. The molecule has 0 aliphatic carbocycles. The lowest BCUT2D eigenvalue weighted by molar-refractivity contribution is 1.17. The van der Waals surface area contributed by atoms with E-state index in [0.29, 0.717) is 5.82 Å². The SMILES string of the molecule is c1ccc(-c2nc(-c3cc(-c4ccc5c6ccccc6c6ccccc6c5c4)cc(-n4c5ccccc5c5ccccc54)c3)cc(-c3cccc4c3sc3ccccc34)n2)cc1. The topological polar surface area (TPSA) is 30.7 Å². The molecule has 0 N–H and O–H groups in total. The molecule has 13 rings (SSSR count). The van der Waals surface area contributed by atoms with Crippen LogP contribution in [0.4, 0.5) is 0 Å². The zero-order valence-electron chi connectivity index (χ0n) is 33.5. The summed E-state index contributed by atoms with van der Waals surface area (Å²) in [7, 11) is 0. The number of thiophene rings is 1.